The maximum absolute atomic E-state index is 4.45. The minimum atomic E-state index is 0.0612. The van der Waals surface area contributed by atoms with Crippen LogP contribution in [0.15, 0.2) is 5.10 Å². The van der Waals surface area contributed by atoms with E-state index in [1.54, 1.807) is 0 Å². The number of nitrogens with one attached hydrogen (secondary N) is 1. The normalized spacial score (nSPS) is 14.5. The largest absolute Gasteiger partial charge is 0.305 e. The molecule has 2 heteroatoms. The van der Waals surface area contributed by atoms with Crippen molar-refractivity contribution in [3.8, 4) is 0 Å². The SMILES string of the molecule is CC/C(=N/NC(C)(C)C)C(C)(C)C. The minimum Gasteiger partial charge on any atom is -0.305 e. The quantitative estimate of drug-likeness (QED) is 0.517. The second kappa shape index (κ2) is 4.12. The lowest BCUT2D eigenvalue weighted by molar-refractivity contribution is 0.433. The molecule has 0 amide bonds. The van der Waals surface area contributed by atoms with Crippen molar-refractivity contribution >= 4 is 5.71 Å². The molecule has 0 bridgehead atoms. The van der Waals surface area contributed by atoms with Crippen LogP contribution in [0.1, 0.15) is 54.9 Å². The molecule has 0 radical (unpaired) electrons. The number of hydrazone groups is 1. The first kappa shape index (κ1) is 12.5. The van der Waals surface area contributed by atoms with Crippen LogP contribution in [-0.2, 0) is 0 Å². The summed E-state index contributed by atoms with van der Waals surface area (Å²) in [5.41, 5.74) is 4.63. The van der Waals surface area contributed by atoms with Crippen molar-refractivity contribution in [1.29, 1.82) is 0 Å². The number of hydrogen-bond acceptors (Lipinski definition) is 2. The minimum absolute atomic E-state index is 0.0612. The summed E-state index contributed by atoms with van der Waals surface area (Å²) in [7, 11) is 0. The molecule has 0 aromatic heterocycles. The molecule has 0 aromatic carbocycles. The molecule has 0 saturated carbocycles. The van der Waals surface area contributed by atoms with Crippen LogP contribution in [0.2, 0.25) is 0 Å². The van der Waals surface area contributed by atoms with Gasteiger partial charge < -0.3 is 5.43 Å². The number of nitrogens with zero attached hydrogens (tertiary/aromatic N) is 1. The van der Waals surface area contributed by atoms with Gasteiger partial charge in [-0.3, -0.25) is 0 Å². The van der Waals surface area contributed by atoms with Gasteiger partial charge in [0.25, 0.3) is 0 Å². The van der Waals surface area contributed by atoms with Crippen molar-refractivity contribution in [1.82, 2.24) is 5.43 Å². The van der Waals surface area contributed by atoms with Gasteiger partial charge in [-0.25, -0.2) is 0 Å². The molecule has 78 valence electrons. The molecule has 0 aliphatic rings. The van der Waals surface area contributed by atoms with Crippen molar-refractivity contribution in [3.05, 3.63) is 0 Å². The zero-order valence-corrected chi connectivity index (χ0v) is 10.2. The van der Waals surface area contributed by atoms with Crippen molar-refractivity contribution in [2.45, 2.75) is 60.4 Å². The molecule has 2 nitrogen and oxygen atoms in total. The molecular formula is C11H24N2. The van der Waals surface area contributed by atoms with E-state index in [-0.39, 0.29) is 11.0 Å². The Hall–Kier alpha value is -0.530. The van der Waals surface area contributed by atoms with Gasteiger partial charge >= 0.3 is 0 Å². The van der Waals surface area contributed by atoms with E-state index in [1.165, 1.54) is 5.71 Å². The first-order valence-electron chi connectivity index (χ1n) is 5.01. The highest BCUT2D eigenvalue weighted by molar-refractivity contribution is 5.88. The van der Waals surface area contributed by atoms with E-state index in [1.807, 2.05) is 0 Å². The molecule has 0 atom stereocenters. The Morgan fingerprint density at radius 2 is 1.54 bits per heavy atom. The van der Waals surface area contributed by atoms with Gasteiger partial charge in [0.2, 0.25) is 0 Å². The van der Waals surface area contributed by atoms with Gasteiger partial charge in [-0.05, 0) is 27.2 Å². The van der Waals surface area contributed by atoms with E-state index in [0.29, 0.717) is 0 Å². The summed E-state index contributed by atoms with van der Waals surface area (Å²) in [5.74, 6) is 0. The Balaban J connectivity index is 4.42. The molecule has 0 saturated heterocycles. The van der Waals surface area contributed by atoms with Crippen LogP contribution in [-0.4, -0.2) is 11.3 Å². The van der Waals surface area contributed by atoms with Gasteiger partial charge in [0.1, 0.15) is 0 Å². The smallest absolute Gasteiger partial charge is 0.0464 e. The maximum atomic E-state index is 4.45. The maximum Gasteiger partial charge on any atom is 0.0464 e. The molecule has 0 aromatic rings. The first-order chi connectivity index (χ1) is 5.67. The molecule has 0 aliphatic carbocycles. The highest BCUT2D eigenvalue weighted by atomic mass is 15.3. The fourth-order valence-corrected chi connectivity index (χ4v) is 1.01. The van der Waals surface area contributed by atoms with Gasteiger partial charge in [-0.1, -0.05) is 27.7 Å². The second-order valence-corrected chi connectivity index (χ2v) is 5.52. The molecule has 0 spiro atoms. The van der Waals surface area contributed by atoms with E-state index in [0.717, 1.165) is 6.42 Å². The summed E-state index contributed by atoms with van der Waals surface area (Å²) in [6.07, 6.45) is 1.01. The lowest BCUT2D eigenvalue weighted by Crippen LogP contribution is -2.34. The van der Waals surface area contributed by atoms with E-state index in [2.05, 4.69) is 59.0 Å². The zero-order valence-electron chi connectivity index (χ0n) is 10.2. The van der Waals surface area contributed by atoms with E-state index < -0.39 is 0 Å². The van der Waals surface area contributed by atoms with E-state index >= 15 is 0 Å². The highest BCUT2D eigenvalue weighted by Gasteiger charge is 2.18. The lowest BCUT2D eigenvalue weighted by Gasteiger charge is -2.24. The Morgan fingerprint density at radius 3 is 1.77 bits per heavy atom. The summed E-state index contributed by atoms with van der Waals surface area (Å²) >= 11 is 0. The highest BCUT2D eigenvalue weighted by Crippen LogP contribution is 2.18. The summed E-state index contributed by atoms with van der Waals surface area (Å²) < 4.78 is 0. The Labute approximate surface area is 82.8 Å². The fraction of sp³-hybridized carbons (Fsp3) is 0.909. The third-order valence-corrected chi connectivity index (χ3v) is 1.73. The van der Waals surface area contributed by atoms with Gasteiger partial charge in [0, 0.05) is 16.7 Å². The summed E-state index contributed by atoms with van der Waals surface area (Å²) in [4.78, 5) is 0. The Bertz CT molecular complexity index is 179. The summed E-state index contributed by atoms with van der Waals surface area (Å²) in [5, 5.41) is 4.45. The summed E-state index contributed by atoms with van der Waals surface area (Å²) in [6, 6.07) is 0. The van der Waals surface area contributed by atoms with Crippen LogP contribution in [0.4, 0.5) is 0 Å². The Kier molecular flexibility index (Phi) is 3.95. The third-order valence-electron chi connectivity index (χ3n) is 1.73. The fourth-order valence-electron chi connectivity index (χ4n) is 1.01. The standard InChI is InChI=1S/C11H24N2/c1-8-9(10(2,3)4)12-13-11(5,6)7/h13H,8H2,1-7H3/b12-9-. The molecule has 0 aliphatic heterocycles. The van der Waals surface area contributed by atoms with Crippen LogP contribution in [0.3, 0.4) is 0 Å². The van der Waals surface area contributed by atoms with Crippen LogP contribution < -0.4 is 5.43 Å². The monoisotopic (exact) mass is 184 g/mol. The molecule has 13 heavy (non-hydrogen) atoms. The molecule has 0 heterocycles. The van der Waals surface area contributed by atoms with Crippen molar-refractivity contribution in [2.75, 3.05) is 0 Å². The van der Waals surface area contributed by atoms with Crippen molar-refractivity contribution in [2.24, 2.45) is 10.5 Å². The lowest BCUT2D eigenvalue weighted by atomic mass is 9.88. The predicted molar refractivity (Wildman–Crippen MR) is 60.1 cm³/mol. The predicted octanol–water partition coefficient (Wildman–Crippen LogP) is 3.19. The molecule has 0 fully saturated rings. The van der Waals surface area contributed by atoms with E-state index in [4.69, 9.17) is 0 Å². The topological polar surface area (TPSA) is 24.4 Å². The molecular weight excluding hydrogens is 160 g/mol. The average Bonchev–Trinajstić information content (AvgIpc) is 1.82. The van der Waals surface area contributed by atoms with Crippen LogP contribution in [0, 0.1) is 5.41 Å². The Morgan fingerprint density at radius 1 is 1.08 bits per heavy atom. The van der Waals surface area contributed by atoms with Crippen molar-refractivity contribution < 1.29 is 0 Å². The molecule has 0 unspecified atom stereocenters. The number of rotatable bonds is 2. The number of hydrogen-bond donors (Lipinski definition) is 1. The van der Waals surface area contributed by atoms with Gasteiger partial charge in [0.05, 0.1) is 0 Å². The third kappa shape index (κ3) is 5.67. The van der Waals surface area contributed by atoms with Gasteiger partial charge in [-0.2, -0.15) is 5.10 Å². The molecule has 0 rings (SSSR count). The van der Waals surface area contributed by atoms with Crippen molar-refractivity contribution in [3.63, 3.8) is 0 Å². The summed E-state index contributed by atoms with van der Waals surface area (Å²) in [6.45, 7) is 15.1. The second-order valence-electron chi connectivity index (χ2n) is 5.52. The zero-order chi connectivity index (χ0) is 10.7. The van der Waals surface area contributed by atoms with Crippen LogP contribution in [0.25, 0.3) is 0 Å². The van der Waals surface area contributed by atoms with Gasteiger partial charge in [-0.15, -0.1) is 0 Å². The average molecular weight is 184 g/mol. The molecule has 1 N–H and O–H groups in total. The van der Waals surface area contributed by atoms with Gasteiger partial charge in [0.15, 0.2) is 0 Å². The van der Waals surface area contributed by atoms with Crippen LogP contribution in [0.5, 0.6) is 0 Å². The van der Waals surface area contributed by atoms with Crippen LogP contribution >= 0.6 is 0 Å². The van der Waals surface area contributed by atoms with E-state index in [9.17, 15) is 0 Å². The first-order valence-corrected chi connectivity index (χ1v) is 5.01.